The first-order valence-electron chi connectivity index (χ1n) is 5.55. The molecule has 0 aromatic carbocycles. The average Bonchev–Trinajstić information content (AvgIpc) is 2.78. The summed E-state index contributed by atoms with van der Waals surface area (Å²) >= 11 is 1.40. The van der Waals surface area contributed by atoms with E-state index in [1.165, 1.54) is 11.3 Å². The van der Waals surface area contributed by atoms with Crippen LogP contribution in [-0.2, 0) is 0 Å². The maximum absolute atomic E-state index is 11.9. The van der Waals surface area contributed by atoms with E-state index in [4.69, 9.17) is 5.73 Å². The molecule has 0 spiro atoms. The molecule has 3 N–H and O–H groups in total. The van der Waals surface area contributed by atoms with E-state index < -0.39 is 0 Å². The number of carbonyl (C=O) groups is 1. The molecule has 2 aromatic heterocycles. The molecular weight excluding hydrogens is 248 g/mol. The molecule has 1 amide bonds. The zero-order chi connectivity index (χ0) is 13.1. The molecule has 0 aliphatic heterocycles. The van der Waals surface area contributed by atoms with Crippen LogP contribution in [0.15, 0.2) is 23.7 Å². The van der Waals surface area contributed by atoms with Crippen molar-refractivity contribution in [3.8, 4) is 0 Å². The second-order valence-electron chi connectivity index (χ2n) is 4.12. The molecule has 18 heavy (non-hydrogen) atoms. The Hall–Kier alpha value is -1.95. The molecule has 2 aromatic rings. The molecule has 0 radical (unpaired) electrons. The fourth-order valence-corrected chi connectivity index (χ4v) is 2.25. The van der Waals surface area contributed by atoms with Gasteiger partial charge in [-0.3, -0.25) is 10.1 Å². The molecular formula is C12H14N4OS. The summed E-state index contributed by atoms with van der Waals surface area (Å²) in [6.07, 6.45) is 1.55. The van der Waals surface area contributed by atoms with E-state index >= 15 is 0 Å². The largest absolute Gasteiger partial charge is 0.383 e. The van der Waals surface area contributed by atoms with E-state index in [0.717, 1.165) is 5.69 Å². The number of nitrogens with two attached hydrogens (primary N) is 1. The Morgan fingerprint density at radius 3 is 2.89 bits per heavy atom. The normalized spacial score (nSPS) is 10.6. The molecule has 2 rings (SSSR count). The fraction of sp³-hybridized carbons (Fsp3) is 0.250. The number of nitrogens with zero attached hydrogens (tertiary/aromatic N) is 2. The second kappa shape index (κ2) is 5.14. The highest BCUT2D eigenvalue weighted by Gasteiger charge is 2.13. The van der Waals surface area contributed by atoms with Crippen LogP contribution in [-0.4, -0.2) is 15.9 Å². The van der Waals surface area contributed by atoms with Crippen molar-refractivity contribution in [1.82, 2.24) is 9.97 Å². The number of aromatic nitrogens is 2. The highest BCUT2D eigenvalue weighted by atomic mass is 32.1. The molecule has 5 nitrogen and oxygen atoms in total. The Bertz CT molecular complexity index is 565. The van der Waals surface area contributed by atoms with Gasteiger partial charge in [0.25, 0.3) is 5.91 Å². The number of hydrogen-bond acceptors (Lipinski definition) is 5. The van der Waals surface area contributed by atoms with Crippen molar-refractivity contribution in [2.24, 2.45) is 0 Å². The van der Waals surface area contributed by atoms with Gasteiger partial charge < -0.3 is 5.73 Å². The number of anilines is 2. The lowest BCUT2D eigenvalue weighted by Gasteiger charge is -2.03. The van der Waals surface area contributed by atoms with Gasteiger partial charge in [-0.1, -0.05) is 13.8 Å². The number of thiazole rings is 1. The van der Waals surface area contributed by atoms with Gasteiger partial charge in [0.15, 0.2) is 5.13 Å². The number of amides is 1. The molecule has 94 valence electrons. The summed E-state index contributed by atoms with van der Waals surface area (Å²) in [5.74, 6) is 0.274. The molecule has 0 fully saturated rings. The van der Waals surface area contributed by atoms with Gasteiger partial charge in [-0.05, 0) is 18.1 Å². The van der Waals surface area contributed by atoms with Crippen molar-refractivity contribution in [3.63, 3.8) is 0 Å². The van der Waals surface area contributed by atoms with Crippen LogP contribution >= 0.6 is 11.3 Å². The van der Waals surface area contributed by atoms with E-state index in [1.807, 2.05) is 5.38 Å². The van der Waals surface area contributed by atoms with Crippen molar-refractivity contribution in [3.05, 3.63) is 35.0 Å². The number of hydrogen-bond donors (Lipinski definition) is 2. The van der Waals surface area contributed by atoms with E-state index in [0.29, 0.717) is 16.6 Å². The molecule has 6 heteroatoms. The number of nitrogen functional groups attached to an aromatic ring is 1. The summed E-state index contributed by atoms with van der Waals surface area (Å²) in [5.41, 5.74) is 6.97. The van der Waals surface area contributed by atoms with Crippen molar-refractivity contribution >= 4 is 28.2 Å². The van der Waals surface area contributed by atoms with Crippen molar-refractivity contribution in [2.45, 2.75) is 19.8 Å². The van der Waals surface area contributed by atoms with Gasteiger partial charge in [0, 0.05) is 11.6 Å². The summed E-state index contributed by atoms with van der Waals surface area (Å²) in [5, 5.41) is 5.24. The lowest BCUT2D eigenvalue weighted by molar-refractivity contribution is 0.102. The average molecular weight is 262 g/mol. The Morgan fingerprint density at radius 1 is 1.50 bits per heavy atom. The van der Waals surface area contributed by atoms with Gasteiger partial charge in [-0.2, -0.15) is 0 Å². The van der Waals surface area contributed by atoms with Gasteiger partial charge in [-0.25, -0.2) is 9.97 Å². The standard InChI is InChI=1S/C12H14N4OS/c1-7(2)9-6-18-12(15-9)16-11(17)8-4-3-5-14-10(8)13/h3-7H,1-2H3,(H2,13,14)(H,15,16,17). The first-order chi connectivity index (χ1) is 8.58. The van der Waals surface area contributed by atoms with Crippen LogP contribution in [0.3, 0.4) is 0 Å². The predicted octanol–water partition coefficient (Wildman–Crippen LogP) is 2.50. The molecule has 0 bridgehead atoms. The molecule has 2 heterocycles. The van der Waals surface area contributed by atoms with E-state index in [9.17, 15) is 4.79 Å². The van der Waals surface area contributed by atoms with Gasteiger partial charge >= 0.3 is 0 Å². The quantitative estimate of drug-likeness (QED) is 0.890. The molecule has 0 unspecified atom stereocenters. The summed E-state index contributed by atoms with van der Waals surface area (Å²) in [6, 6.07) is 3.31. The highest BCUT2D eigenvalue weighted by molar-refractivity contribution is 7.14. The first kappa shape index (κ1) is 12.5. The minimum Gasteiger partial charge on any atom is -0.383 e. The number of rotatable bonds is 3. The maximum Gasteiger partial charge on any atom is 0.261 e. The summed E-state index contributed by atoms with van der Waals surface area (Å²) in [7, 11) is 0. The Morgan fingerprint density at radius 2 is 2.28 bits per heavy atom. The van der Waals surface area contributed by atoms with Crippen LogP contribution in [0, 0.1) is 0 Å². The fourth-order valence-electron chi connectivity index (χ4n) is 1.38. The van der Waals surface area contributed by atoms with Crippen LogP contribution in [0.25, 0.3) is 0 Å². The van der Waals surface area contributed by atoms with Crippen molar-refractivity contribution in [1.29, 1.82) is 0 Å². The minimum absolute atomic E-state index is 0.218. The van der Waals surface area contributed by atoms with E-state index in [-0.39, 0.29) is 11.7 Å². The van der Waals surface area contributed by atoms with Gasteiger partial charge in [-0.15, -0.1) is 11.3 Å². The zero-order valence-electron chi connectivity index (χ0n) is 10.2. The van der Waals surface area contributed by atoms with E-state index in [1.54, 1.807) is 18.3 Å². The van der Waals surface area contributed by atoms with E-state index in [2.05, 4.69) is 29.1 Å². The van der Waals surface area contributed by atoms with Crippen LogP contribution in [0.2, 0.25) is 0 Å². The smallest absolute Gasteiger partial charge is 0.261 e. The number of nitrogens with one attached hydrogen (secondary N) is 1. The number of carbonyl (C=O) groups excluding carboxylic acids is 1. The first-order valence-corrected chi connectivity index (χ1v) is 6.43. The SMILES string of the molecule is CC(C)c1csc(NC(=O)c2cccnc2N)n1. The topological polar surface area (TPSA) is 80.9 Å². The summed E-state index contributed by atoms with van der Waals surface area (Å²) in [6.45, 7) is 4.11. The molecule has 0 saturated heterocycles. The van der Waals surface area contributed by atoms with Gasteiger partial charge in [0.2, 0.25) is 0 Å². The highest BCUT2D eigenvalue weighted by Crippen LogP contribution is 2.22. The Labute approximate surface area is 109 Å². The molecule has 0 aliphatic rings. The lowest BCUT2D eigenvalue weighted by atomic mass is 10.2. The monoisotopic (exact) mass is 262 g/mol. The predicted molar refractivity (Wildman–Crippen MR) is 72.8 cm³/mol. The molecule has 0 saturated carbocycles. The Balaban J connectivity index is 2.14. The molecule has 0 aliphatic carbocycles. The van der Waals surface area contributed by atoms with Crippen molar-refractivity contribution in [2.75, 3.05) is 11.1 Å². The van der Waals surface area contributed by atoms with Crippen LogP contribution in [0.5, 0.6) is 0 Å². The third-order valence-electron chi connectivity index (χ3n) is 2.42. The third kappa shape index (κ3) is 2.65. The van der Waals surface area contributed by atoms with Crippen LogP contribution in [0.1, 0.15) is 35.8 Å². The lowest BCUT2D eigenvalue weighted by Crippen LogP contribution is -2.14. The molecule has 0 atom stereocenters. The summed E-state index contributed by atoms with van der Waals surface area (Å²) < 4.78 is 0. The Kier molecular flexibility index (Phi) is 3.57. The third-order valence-corrected chi connectivity index (χ3v) is 3.19. The summed E-state index contributed by atoms with van der Waals surface area (Å²) in [4.78, 5) is 20.2. The maximum atomic E-state index is 11.9. The van der Waals surface area contributed by atoms with Crippen LogP contribution < -0.4 is 11.1 Å². The second-order valence-corrected chi connectivity index (χ2v) is 4.98. The van der Waals surface area contributed by atoms with Gasteiger partial charge in [0.1, 0.15) is 5.82 Å². The minimum atomic E-state index is -0.287. The van der Waals surface area contributed by atoms with Crippen LogP contribution in [0.4, 0.5) is 10.9 Å². The van der Waals surface area contributed by atoms with Crippen molar-refractivity contribution < 1.29 is 4.79 Å². The van der Waals surface area contributed by atoms with Gasteiger partial charge in [0.05, 0.1) is 11.3 Å². The number of pyridine rings is 1. The zero-order valence-corrected chi connectivity index (χ0v) is 11.0.